The molecule has 1 unspecified atom stereocenters. The minimum atomic E-state index is -3.11. The zero-order chi connectivity index (χ0) is 10.7. The SMILES string of the molecule is CC(Br)CNS(=O)(=O)CC(C)(C)C. The molecule has 0 aliphatic rings. The van der Waals surface area contributed by atoms with Gasteiger partial charge in [-0.2, -0.15) is 0 Å². The fourth-order valence-corrected chi connectivity index (χ4v) is 2.99. The van der Waals surface area contributed by atoms with E-state index in [1.807, 2.05) is 27.7 Å². The average molecular weight is 272 g/mol. The molecule has 80 valence electrons. The smallest absolute Gasteiger partial charge is 0.212 e. The first-order chi connectivity index (χ1) is 5.62. The molecular formula is C8H18BrNO2S. The van der Waals surface area contributed by atoms with Crippen LogP contribution in [0, 0.1) is 5.41 Å². The zero-order valence-electron chi connectivity index (χ0n) is 8.59. The fourth-order valence-electron chi connectivity index (χ4n) is 0.863. The average Bonchev–Trinajstić information content (AvgIpc) is 1.78. The largest absolute Gasteiger partial charge is 0.214 e. The summed E-state index contributed by atoms with van der Waals surface area (Å²) >= 11 is 3.28. The summed E-state index contributed by atoms with van der Waals surface area (Å²) in [5.74, 6) is 0.166. The van der Waals surface area contributed by atoms with E-state index in [9.17, 15) is 8.42 Å². The topological polar surface area (TPSA) is 46.2 Å². The molecule has 0 aliphatic carbocycles. The summed E-state index contributed by atoms with van der Waals surface area (Å²) in [5.41, 5.74) is -0.193. The maximum atomic E-state index is 11.4. The maximum Gasteiger partial charge on any atom is 0.212 e. The first-order valence-corrected chi connectivity index (χ1v) is 6.80. The van der Waals surface area contributed by atoms with Gasteiger partial charge in [-0.3, -0.25) is 0 Å². The van der Waals surface area contributed by atoms with Crippen LogP contribution in [0.25, 0.3) is 0 Å². The van der Waals surface area contributed by atoms with E-state index in [-0.39, 0.29) is 16.0 Å². The summed E-state index contributed by atoms with van der Waals surface area (Å²) in [4.78, 5) is 0.169. The van der Waals surface area contributed by atoms with Crippen molar-refractivity contribution in [2.75, 3.05) is 12.3 Å². The van der Waals surface area contributed by atoms with Crippen molar-refractivity contribution in [3.8, 4) is 0 Å². The first-order valence-electron chi connectivity index (χ1n) is 4.24. The van der Waals surface area contributed by atoms with E-state index in [1.54, 1.807) is 0 Å². The van der Waals surface area contributed by atoms with Crippen LogP contribution in [0.5, 0.6) is 0 Å². The van der Waals surface area contributed by atoms with Crippen molar-refractivity contribution in [3.05, 3.63) is 0 Å². The molecule has 0 fully saturated rings. The van der Waals surface area contributed by atoms with E-state index in [1.165, 1.54) is 0 Å². The van der Waals surface area contributed by atoms with Crippen LogP contribution in [-0.4, -0.2) is 25.5 Å². The lowest BCUT2D eigenvalue weighted by Gasteiger charge is -2.18. The molecule has 0 radical (unpaired) electrons. The summed E-state index contributed by atoms with van der Waals surface area (Å²) in [6, 6.07) is 0. The van der Waals surface area contributed by atoms with Gasteiger partial charge in [0, 0.05) is 11.4 Å². The molecule has 0 heterocycles. The summed E-state index contributed by atoms with van der Waals surface area (Å²) in [6.45, 7) is 8.06. The minimum absolute atomic E-state index is 0.166. The lowest BCUT2D eigenvalue weighted by molar-refractivity contribution is 0.458. The van der Waals surface area contributed by atoms with Gasteiger partial charge in [-0.05, 0) is 5.41 Å². The molecule has 13 heavy (non-hydrogen) atoms. The Morgan fingerprint density at radius 3 is 2.15 bits per heavy atom. The molecule has 0 spiro atoms. The maximum absolute atomic E-state index is 11.4. The van der Waals surface area contributed by atoms with Crippen LogP contribution in [0.2, 0.25) is 0 Å². The molecule has 0 aromatic heterocycles. The van der Waals surface area contributed by atoms with Gasteiger partial charge in [-0.25, -0.2) is 13.1 Å². The van der Waals surface area contributed by atoms with Crippen molar-refractivity contribution in [1.82, 2.24) is 4.72 Å². The third-order valence-corrected chi connectivity index (χ3v) is 3.38. The Hall–Kier alpha value is 0.390. The van der Waals surface area contributed by atoms with Crippen molar-refractivity contribution in [2.24, 2.45) is 5.41 Å². The Bertz CT molecular complexity index is 241. The Balaban J connectivity index is 4.11. The third kappa shape index (κ3) is 8.71. The highest BCUT2D eigenvalue weighted by Gasteiger charge is 2.21. The van der Waals surface area contributed by atoms with Crippen molar-refractivity contribution in [3.63, 3.8) is 0 Å². The van der Waals surface area contributed by atoms with Gasteiger partial charge in [0.15, 0.2) is 0 Å². The second-order valence-corrected chi connectivity index (χ2v) is 7.82. The Kier molecular flexibility index (Phi) is 4.90. The molecule has 0 rings (SSSR count). The summed E-state index contributed by atoms with van der Waals surface area (Å²) in [6.07, 6.45) is 0. The van der Waals surface area contributed by atoms with Crippen LogP contribution in [0.15, 0.2) is 0 Å². The van der Waals surface area contributed by atoms with E-state index < -0.39 is 10.0 Å². The number of halogens is 1. The lowest BCUT2D eigenvalue weighted by atomic mass is 10.0. The van der Waals surface area contributed by atoms with Crippen molar-refractivity contribution < 1.29 is 8.42 Å². The number of hydrogen-bond donors (Lipinski definition) is 1. The van der Waals surface area contributed by atoms with E-state index >= 15 is 0 Å². The summed E-state index contributed by atoms with van der Waals surface area (Å²) < 4.78 is 25.4. The van der Waals surface area contributed by atoms with Crippen molar-refractivity contribution in [2.45, 2.75) is 32.5 Å². The molecule has 0 aromatic rings. The molecule has 0 aromatic carbocycles. The first kappa shape index (κ1) is 13.4. The van der Waals surface area contributed by atoms with E-state index in [2.05, 4.69) is 20.7 Å². The highest BCUT2D eigenvalue weighted by Crippen LogP contribution is 2.15. The van der Waals surface area contributed by atoms with Crippen LogP contribution < -0.4 is 4.72 Å². The number of alkyl halides is 1. The molecule has 0 amide bonds. The molecular weight excluding hydrogens is 254 g/mol. The standard InChI is InChI=1S/C8H18BrNO2S/c1-7(9)5-10-13(11,12)6-8(2,3)4/h7,10H,5-6H2,1-4H3. The molecule has 5 heteroatoms. The number of nitrogens with one attached hydrogen (secondary N) is 1. The van der Waals surface area contributed by atoms with Gasteiger partial charge in [0.25, 0.3) is 0 Å². The number of sulfonamides is 1. The Morgan fingerprint density at radius 2 is 1.85 bits per heavy atom. The monoisotopic (exact) mass is 271 g/mol. The van der Waals surface area contributed by atoms with Gasteiger partial charge in [0.05, 0.1) is 5.75 Å². The Labute approximate surface area is 89.5 Å². The van der Waals surface area contributed by atoms with E-state index in [0.29, 0.717) is 6.54 Å². The summed E-state index contributed by atoms with van der Waals surface area (Å²) in [7, 11) is -3.11. The second-order valence-electron chi connectivity index (χ2n) is 4.45. The van der Waals surface area contributed by atoms with Crippen LogP contribution >= 0.6 is 15.9 Å². The fraction of sp³-hybridized carbons (Fsp3) is 1.00. The molecule has 0 bridgehead atoms. The molecule has 0 saturated carbocycles. The molecule has 3 nitrogen and oxygen atoms in total. The quantitative estimate of drug-likeness (QED) is 0.792. The van der Waals surface area contributed by atoms with Gasteiger partial charge < -0.3 is 0 Å². The number of hydrogen-bond acceptors (Lipinski definition) is 2. The van der Waals surface area contributed by atoms with Gasteiger partial charge in [0.2, 0.25) is 10.0 Å². The number of rotatable bonds is 4. The predicted octanol–water partition coefficient (Wildman–Crippen LogP) is 1.74. The highest BCUT2D eigenvalue weighted by molar-refractivity contribution is 9.09. The van der Waals surface area contributed by atoms with Crippen molar-refractivity contribution >= 4 is 26.0 Å². The van der Waals surface area contributed by atoms with Crippen LogP contribution in [0.3, 0.4) is 0 Å². The highest BCUT2D eigenvalue weighted by atomic mass is 79.9. The van der Waals surface area contributed by atoms with E-state index in [4.69, 9.17) is 0 Å². The minimum Gasteiger partial charge on any atom is -0.214 e. The van der Waals surface area contributed by atoms with Crippen LogP contribution in [0.1, 0.15) is 27.7 Å². The van der Waals surface area contributed by atoms with Crippen LogP contribution in [-0.2, 0) is 10.0 Å². The molecule has 1 N–H and O–H groups in total. The van der Waals surface area contributed by atoms with Gasteiger partial charge in [0.1, 0.15) is 0 Å². The van der Waals surface area contributed by atoms with Crippen molar-refractivity contribution in [1.29, 1.82) is 0 Å². The zero-order valence-corrected chi connectivity index (χ0v) is 11.0. The van der Waals surface area contributed by atoms with Gasteiger partial charge in [-0.15, -0.1) is 0 Å². The Morgan fingerprint density at radius 1 is 1.38 bits per heavy atom. The predicted molar refractivity (Wildman–Crippen MR) is 59.6 cm³/mol. The van der Waals surface area contributed by atoms with Gasteiger partial charge >= 0.3 is 0 Å². The lowest BCUT2D eigenvalue weighted by Crippen LogP contribution is -2.35. The van der Waals surface area contributed by atoms with Crippen LogP contribution in [0.4, 0.5) is 0 Å². The normalized spacial score (nSPS) is 15.8. The molecule has 1 atom stereocenters. The summed E-state index contributed by atoms with van der Waals surface area (Å²) in [5, 5.41) is 0. The molecule has 0 saturated heterocycles. The van der Waals surface area contributed by atoms with E-state index in [0.717, 1.165) is 0 Å². The van der Waals surface area contributed by atoms with Gasteiger partial charge in [-0.1, -0.05) is 43.6 Å². The second kappa shape index (κ2) is 4.75. The third-order valence-electron chi connectivity index (χ3n) is 1.21. The molecule has 0 aliphatic heterocycles.